The second-order valence-corrected chi connectivity index (χ2v) is 9.03. The van der Waals surface area contributed by atoms with Crippen LogP contribution in [0.3, 0.4) is 0 Å². The van der Waals surface area contributed by atoms with Crippen molar-refractivity contribution in [2.24, 2.45) is 0 Å². The SMILES string of the molecule is CC(=O)N[C@@H]1C[C@H](c2ccccc2OCCN2CCOCC2)OC2(CCCCC2)C1. The van der Waals surface area contributed by atoms with Gasteiger partial charge in [0.25, 0.3) is 0 Å². The lowest BCUT2D eigenvalue weighted by molar-refractivity contribution is -0.158. The summed E-state index contributed by atoms with van der Waals surface area (Å²) < 4.78 is 18.5. The van der Waals surface area contributed by atoms with Gasteiger partial charge in [0, 0.05) is 38.2 Å². The second kappa shape index (κ2) is 10.1. The fraction of sp³-hybridized carbons (Fsp3) is 0.708. The van der Waals surface area contributed by atoms with Gasteiger partial charge in [-0.1, -0.05) is 37.5 Å². The Bertz CT molecular complexity index is 698. The van der Waals surface area contributed by atoms with E-state index in [2.05, 4.69) is 22.3 Å². The standard InChI is InChI=1S/C24H36N2O4/c1-19(27)25-20-17-23(30-24(18-20)9-5-2-6-10-24)21-7-3-4-8-22(21)29-16-13-26-11-14-28-15-12-26/h3-4,7-8,20,23H,2,5-6,9-18H2,1H3,(H,25,27)/t20-,23-/m1/s1. The zero-order valence-electron chi connectivity index (χ0n) is 18.2. The van der Waals surface area contributed by atoms with E-state index in [4.69, 9.17) is 14.2 Å². The Morgan fingerprint density at radius 1 is 1.20 bits per heavy atom. The molecule has 1 saturated carbocycles. The Hall–Kier alpha value is -1.63. The zero-order chi connectivity index (χ0) is 20.8. The first-order valence-electron chi connectivity index (χ1n) is 11.6. The molecule has 30 heavy (non-hydrogen) atoms. The number of hydrogen-bond donors (Lipinski definition) is 1. The summed E-state index contributed by atoms with van der Waals surface area (Å²) in [7, 11) is 0. The van der Waals surface area contributed by atoms with Crippen LogP contribution in [0.2, 0.25) is 0 Å². The molecule has 1 aliphatic carbocycles. The molecule has 166 valence electrons. The van der Waals surface area contributed by atoms with Gasteiger partial charge < -0.3 is 19.5 Å². The highest BCUT2D eigenvalue weighted by Crippen LogP contribution is 2.46. The molecule has 2 aliphatic heterocycles. The van der Waals surface area contributed by atoms with Crippen molar-refractivity contribution < 1.29 is 19.0 Å². The van der Waals surface area contributed by atoms with E-state index in [1.807, 2.05) is 12.1 Å². The molecule has 6 nitrogen and oxygen atoms in total. The molecule has 3 aliphatic rings. The van der Waals surface area contributed by atoms with Crippen LogP contribution in [0, 0.1) is 0 Å². The van der Waals surface area contributed by atoms with Gasteiger partial charge in [0.2, 0.25) is 5.91 Å². The maximum Gasteiger partial charge on any atom is 0.217 e. The molecular formula is C24H36N2O4. The van der Waals surface area contributed by atoms with Crippen LogP contribution in [-0.4, -0.2) is 61.9 Å². The minimum Gasteiger partial charge on any atom is -0.492 e. The summed E-state index contributed by atoms with van der Waals surface area (Å²) in [6.45, 7) is 6.72. The number of carbonyl (C=O) groups excluding carboxylic acids is 1. The second-order valence-electron chi connectivity index (χ2n) is 9.03. The number of nitrogens with one attached hydrogen (secondary N) is 1. The van der Waals surface area contributed by atoms with E-state index < -0.39 is 0 Å². The fourth-order valence-corrected chi connectivity index (χ4v) is 5.28. The molecule has 0 unspecified atom stereocenters. The van der Waals surface area contributed by atoms with Crippen molar-refractivity contribution in [3.63, 3.8) is 0 Å². The van der Waals surface area contributed by atoms with Gasteiger partial charge in [-0.15, -0.1) is 0 Å². The Kier molecular flexibility index (Phi) is 7.28. The number of hydrogen-bond acceptors (Lipinski definition) is 5. The Labute approximate surface area is 180 Å². The Morgan fingerprint density at radius 3 is 2.73 bits per heavy atom. The van der Waals surface area contributed by atoms with Gasteiger partial charge in [0.1, 0.15) is 12.4 Å². The maximum atomic E-state index is 11.8. The van der Waals surface area contributed by atoms with E-state index in [0.29, 0.717) is 6.61 Å². The van der Waals surface area contributed by atoms with Crippen LogP contribution in [0.1, 0.15) is 63.5 Å². The van der Waals surface area contributed by atoms with Crippen molar-refractivity contribution >= 4 is 5.91 Å². The van der Waals surface area contributed by atoms with Crippen molar-refractivity contribution in [2.45, 2.75) is 69.6 Å². The van der Waals surface area contributed by atoms with Crippen LogP contribution in [0.5, 0.6) is 5.75 Å². The first-order chi connectivity index (χ1) is 14.6. The monoisotopic (exact) mass is 416 g/mol. The summed E-state index contributed by atoms with van der Waals surface area (Å²) in [5.41, 5.74) is 0.995. The lowest BCUT2D eigenvalue weighted by Gasteiger charge is -2.47. The molecule has 1 aromatic rings. The smallest absolute Gasteiger partial charge is 0.217 e. The third-order valence-corrected chi connectivity index (χ3v) is 6.72. The molecular weight excluding hydrogens is 380 g/mol. The highest BCUT2D eigenvalue weighted by molar-refractivity contribution is 5.73. The third-order valence-electron chi connectivity index (χ3n) is 6.72. The number of amides is 1. The van der Waals surface area contributed by atoms with Crippen LogP contribution in [-0.2, 0) is 14.3 Å². The highest BCUT2D eigenvalue weighted by atomic mass is 16.5. The zero-order valence-corrected chi connectivity index (χ0v) is 18.2. The molecule has 0 radical (unpaired) electrons. The molecule has 4 rings (SSSR count). The molecule has 1 N–H and O–H groups in total. The number of morpholine rings is 1. The van der Waals surface area contributed by atoms with Crippen LogP contribution in [0.15, 0.2) is 24.3 Å². The number of carbonyl (C=O) groups is 1. The van der Waals surface area contributed by atoms with Crippen molar-refractivity contribution in [1.29, 1.82) is 0 Å². The lowest BCUT2D eigenvalue weighted by atomic mass is 9.76. The average molecular weight is 417 g/mol. The van der Waals surface area contributed by atoms with Gasteiger partial charge in [-0.2, -0.15) is 0 Å². The van der Waals surface area contributed by atoms with Crippen molar-refractivity contribution in [3.8, 4) is 5.75 Å². The molecule has 0 aromatic heterocycles. The van der Waals surface area contributed by atoms with Gasteiger partial charge in [-0.05, 0) is 31.7 Å². The largest absolute Gasteiger partial charge is 0.492 e. The summed E-state index contributed by atoms with van der Waals surface area (Å²) >= 11 is 0. The van der Waals surface area contributed by atoms with Crippen LogP contribution >= 0.6 is 0 Å². The van der Waals surface area contributed by atoms with Crippen LogP contribution in [0.25, 0.3) is 0 Å². The topological polar surface area (TPSA) is 60.0 Å². The van der Waals surface area contributed by atoms with Crippen molar-refractivity contribution in [1.82, 2.24) is 10.2 Å². The van der Waals surface area contributed by atoms with E-state index >= 15 is 0 Å². The minimum atomic E-state index is -0.116. The molecule has 3 fully saturated rings. The molecule has 2 heterocycles. The average Bonchev–Trinajstić information content (AvgIpc) is 2.74. The van der Waals surface area contributed by atoms with Crippen molar-refractivity contribution in [3.05, 3.63) is 29.8 Å². The first kappa shape index (κ1) is 21.6. The van der Waals surface area contributed by atoms with Gasteiger partial charge in [0.05, 0.1) is 24.9 Å². The van der Waals surface area contributed by atoms with Crippen molar-refractivity contribution in [2.75, 3.05) is 39.5 Å². The fourth-order valence-electron chi connectivity index (χ4n) is 5.28. The first-order valence-corrected chi connectivity index (χ1v) is 11.6. The normalized spacial score (nSPS) is 27.0. The number of ether oxygens (including phenoxy) is 3. The number of para-hydroxylation sites is 1. The summed E-state index contributed by atoms with van der Waals surface area (Å²) in [5, 5.41) is 3.18. The quantitative estimate of drug-likeness (QED) is 0.770. The number of rotatable bonds is 6. The molecule has 2 saturated heterocycles. The molecule has 0 bridgehead atoms. The van der Waals surface area contributed by atoms with E-state index in [-0.39, 0.29) is 23.7 Å². The van der Waals surface area contributed by atoms with Gasteiger partial charge in [-0.25, -0.2) is 0 Å². The maximum absolute atomic E-state index is 11.8. The van der Waals surface area contributed by atoms with Crippen LogP contribution in [0.4, 0.5) is 0 Å². The van der Waals surface area contributed by atoms with Gasteiger partial charge in [0.15, 0.2) is 0 Å². The number of benzene rings is 1. The van der Waals surface area contributed by atoms with E-state index in [9.17, 15) is 4.79 Å². The minimum absolute atomic E-state index is 0.0432. The summed E-state index contributed by atoms with van der Waals surface area (Å²) in [5.74, 6) is 0.951. The molecule has 6 heteroatoms. The van der Waals surface area contributed by atoms with E-state index in [1.54, 1.807) is 6.92 Å². The third kappa shape index (κ3) is 5.54. The Morgan fingerprint density at radius 2 is 1.97 bits per heavy atom. The van der Waals surface area contributed by atoms with Gasteiger partial charge in [-0.3, -0.25) is 9.69 Å². The summed E-state index contributed by atoms with van der Waals surface area (Å²) in [6.07, 6.45) is 7.53. The molecule has 1 amide bonds. The predicted molar refractivity (Wildman–Crippen MR) is 116 cm³/mol. The highest BCUT2D eigenvalue weighted by Gasteiger charge is 2.43. The molecule has 1 aromatic carbocycles. The summed E-state index contributed by atoms with van der Waals surface area (Å²) in [6, 6.07) is 8.41. The van der Waals surface area contributed by atoms with Crippen LogP contribution < -0.4 is 10.1 Å². The van der Waals surface area contributed by atoms with E-state index in [0.717, 1.165) is 69.8 Å². The Balaban J connectivity index is 1.46. The molecule has 1 spiro atoms. The predicted octanol–water partition coefficient (Wildman–Crippen LogP) is 3.46. The van der Waals surface area contributed by atoms with E-state index in [1.165, 1.54) is 19.3 Å². The van der Waals surface area contributed by atoms with Gasteiger partial charge >= 0.3 is 0 Å². The lowest BCUT2D eigenvalue weighted by Crippen LogP contribution is -2.50. The summed E-state index contributed by atoms with van der Waals surface area (Å²) in [4.78, 5) is 14.2. The number of nitrogens with zero attached hydrogens (tertiary/aromatic N) is 1. The molecule has 2 atom stereocenters.